The minimum Gasteiger partial charge on any atom is -0.454 e. The number of hydrogen-bond donors (Lipinski definition) is 6. The van der Waals surface area contributed by atoms with E-state index in [4.69, 9.17) is 14.2 Å². The van der Waals surface area contributed by atoms with Crippen LogP contribution in [0.1, 0.15) is 239 Å². The zero-order valence-electron chi connectivity index (χ0n) is 50.4. The van der Waals surface area contributed by atoms with Crippen LogP contribution in [-0.4, -0.2) is 99.6 Å². The Balaban J connectivity index is 2.72. The number of esters is 1. The van der Waals surface area contributed by atoms with Crippen LogP contribution in [0.2, 0.25) is 0 Å². The molecule has 0 spiro atoms. The second-order valence-electron chi connectivity index (χ2n) is 21.4. The number of aliphatic hydroxyl groups excluding tert-OH is 5. The lowest BCUT2D eigenvalue weighted by Gasteiger charge is -2.41. The Bertz CT molecular complexity index is 1760. The molecule has 456 valence electrons. The van der Waals surface area contributed by atoms with Crippen LogP contribution in [-0.2, 0) is 23.8 Å². The molecule has 0 radical (unpaired) electrons. The molecule has 0 saturated carbocycles. The molecule has 0 bridgehead atoms. The molecule has 1 saturated heterocycles. The van der Waals surface area contributed by atoms with Gasteiger partial charge in [0.05, 0.1) is 25.4 Å². The molecule has 8 unspecified atom stereocenters. The van der Waals surface area contributed by atoms with Gasteiger partial charge in [0, 0.05) is 6.42 Å². The molecule has 6 N–H and O–H groups in total. The Labute approximate surface area is 487 Å². The summed E-state index contributed by atoms with van der Waals surface area (Å²) >= 11 is 0. The first-order valence-corrected chi connectivity index (χ1v) is 31.8. The summed E-state index contributed by atoms with van der Waals surface area (Å²) in [5.41, 5.74) is 0. The molecule has 8 atom stereocenters. The fourth-order valence-corrected chi connectivity index (χ4v) is 9.07. The highest BCUT2D eigenvalue weighted by Gasteiger charge is 2.47. The molecule has 0 aliphatic carbocycles. The Morgan fingerprint density at radius 3 is 1.38 bits per heavy atom. The summed E-state index contributed by atoms with van der Waals surface area (Å²) < 4.78 is 17.6. The maximum Gasteiger partial charge on any atom is 0.306 e. The minimum absolute atomic E-state index is 0.0769. The number of aliphatic hydroxyl groups is 5. The van der Waals surface area contributed by atoms with Gasteiger partial charge in [-0.25, -0.2) is 0 Å². The van der Waals surface area contributed by atoms with Gasteiger partial charge in [0.25, 0.3) is 0 Å². The van der Waals surface area contributed by atoms with Crippen LogP contribution in [0.15, 0.2) is 122 Å². The smallest absolute Gasteiger partial charge is 0.306 e. The van der Waals surface area contributed by atoms with E-state index in [-0.39, 0.29) is 19.4 Å². The van der Waals surface area contributed by atoms with Gasteiger partial charge in [-0.15, -0.1) is 0 Å². The molecular weight excluding hydrogens is 1000 g/mol. The lowest BCUT2D eigenvalue weighted by atomic mass is 9.99. The predicted octanol–water partition coefficient (Wildman–Crippen LogP) is 15.4. The van der Waals surface area contributed by atoms with Crippen LogP contribution in [0, 0.1) is 0 Å². The zero-order chi connectivity index (χ0) is 58.2. The summed E-state index contributed by atoms with van der Waals surface area (Å²) in [6.45, 7) is 5.61. The van der Waals surface area contributed by atoms with Crippen LogP contribution < -0.4 is 5.32 Å². The van der Waals surface area contributed by atoms with Gasteiger partial charge in [-0.1, -0.05) is 239 Å². The largest absolute Gasteiger partial charge is 0.454 e. The molecule has 0 aromatic rings. The van der Waals surface area contributed by atoms with E-state index in [0.29, 0.717) is 12.8 Å². The average Bonchev–Trinajstić information content (AvgIpc) is 3.45. The monoisotopic (exact) mass is 1120 g/mol. The molecule has 1 aliphatic rings. The summed E-state index contributed by atoms with van der Waals surface area (Å²) in [5, 5.41) is 57.0. The number of carbonyl (C=O) groups is 2. The lowest BCUT2D eigenvalue weighted by molar-refractivity contribution is -0.305. The van der Waals surface area contributed by atoms with E-state index < -0.39 is 67.4 Å². The first-order valence-electron chi connectivity index (χ1n) is 31.8. The number of hydrogen-bond acceptors (Lipinski definition) is 10. The van der Waals surface area contributed by atoms with Crippen molar-refractivity contribution in [3.8, 4) is 0 Å². The van der Waals surface area contributed by atoms with Gasteiger partial charge >= 0.3 is 5.97 Å². The van der Waals surface area contributed by atoms with Gasteiger partial charge in [0.2, 0.25) is 5.91 Å². The van der Waals surface area contributed by atoms with Gasteiger partial charge in [0.1, 0.15) is 24.4 Å². The molecule has 1 fully saturated rings. The summed E-state index contributed by atoms with van der Waals surface area (Å²) in [7, 11) is 0. The third-order valence-electron chi connectivity index (χ3n) is 14.1. The SMILES string of the molecule is CC/C=C\C/C=C\C/C=C\C/C=C\C/C=C\CCCCCCC(O)C(=O)NC(COC1OC(CO)C(O)C(O)C1OC(=O)CCCCC/C=C\C/C=C\C/C=C\C/C=C\CCCCC)C(O)/C=C/CCCCCCCCCCCC. The highest BCUT2D eigenvalue weighted by atomic mass is 16.7. The molecule has 1 amide bonds. The van der Waals surface area contributed by atoms with E-state index >= 15 is 0 Å². The maximum absolute atomic E-state index is 13.4. The highest BCUT2D eigenvalue weighted by Crippen LogP contribution is 2.26. The van der Waals surface area contributed by atoms with Gasteiger partial charge in [-0.05, 0) is 116 Å². The van der Waals surface area contributed by atoms with Crippen LogP contribution in [0.3, 0.4) is 0 Å². The molecule has 1 rings (SSSR count). The zero-order valence-corrected chi connectivity index (χ0v) is 50.4. The molecule has 1 heterocycles. The number of rotatable bonds is 52. The van der Waals surface area contributed by atoms with Crippen molar-refractivity contribution < 1.29 is 49.3 Å². The summed E-state index contributed by atoms with van der Waals surface area (Å²) in [4.78, 5) is 26.6. The van der Waals surface area contributed by atoms with E-state index in [2.05, 4.69) is 135 Å². The second-order valence-corrected chi connectivity index (χ2v) is 21.4. The van der Waals surface area contributed by atoms with E-state index in [1.165, 1.54) is 70.6 Å². The Kier molecular flexibility index (Phi) is 51.5. The molecule has 11 nitrogen and oxygen atoms in total. The first kappa shape index (κ1) is 74.1. The fourth-order valence-electron chi connectivity index (χ4n) is 9.07. The molecule has 0 aromatic carbocycles. The Morgan fingerprint density at radius 2 is 0.900 bits per heavy atom. The normalized spacial score (nSPS) is 19.6. The quantitative estimate of drug-likeness (QED) is 0.0195. The molecule has 0 aromatic heterocycles. The van der Waals surface area contributed by atoms with E-state index in [0.717, 1.165) is 122 Å². The van der Waals surface area contributed by atoms with Gasteiger partial charge in [-0.2, -0.15) is 0 Å². The standard InChI is InChI=1S/C69H115NO10/c1-4-7-10-13-16-19-22-25-27-29-31-33-34-36-38-41-44-47-50-53-56-62(73)68(77)70-60(61(72)55-52-49-46-43-40-24-21-18-15-12-9-6-3)59-78-69-67(66(76)65(75)63(58-71)79-69)80-64(74)57-54-51-48-45-42-39-37-35-32-30-28-26-23-20-17-14-11-8-5-2/h7,10,16-17,19-20,25-28,31-33,35-36,38-39,42,52,55,60-63,65-67,69,71-73,75-76H,4-6,8-9,11-15,18,21-24,29-30,34,37,40-41,43-51,53-54,56-59H2,1-3H3,(H,70,77)/b10-7-,19-16-,20-17-,27-25-,28-26-,33-31-,35-32-,38-36-,42-39-,55-52+. The van der Waals surface area contributed by atoms with E-state index in [1.807, 2.05) is 6.08 Å². The van der Waals surface area contributed by atoms with Gasteiger partial charge < -0.3 is 45.1 Å². The number of allylic oxidation sites excluding steroid dienone is 19. The highest BCUT2D eigenvalue weighted by molar-refractivity contribution is 5.80. The van der Waals surface area contributed by atoms with Crippen molar-refractivity contribution in [1.82, 2.24) is 5.32 Å². The van der Waals surface area contributed by atoms with Crippen LogP contribution in [0.5, 0.6) is 0 Å². The number of ether oxygens (including phenoxy) is 3. The third-order valence-corrected chi connectivity index (χ3v) is 14.1. The van der Waals surface area contributed by atoms with E-state index in [9.17, 15) is 35.1 Å². The number of carbonyl (C=O) groups excluding carboxylic acids is 2. The fraction of sp³-hybridized carbons (Fsp3) is 0.681. The second kappa shape index (κ2) is 55.6. The molecule has 80 heavy (non-hydrogen) atoms. The van der Waals surface area contributed by atoms with Crippen molar-refractivity contribution in [3.05, 3.63) is 122 Å². The van der Waals surface area contributed by atoms with Crippen molar-refractivity contribution >= 4 is 11.9 Å². The molecule has 11 heteroatoms. The summed E-state index contributed by atoms with van der Waals surface area (Å²) in [6.07, 6.45) is 66.5. The number of nitrogens with one attached hydrogen (secondary N) is 1. The van der Waals surface area contributed by atoms with E-state index in [1.54, 1.807) is 6.08 Å². The van der Waals surface area contributed by atoms with Crippen molar-refractivity contribution in [3.63, 3.8) is 0 Å². The van der Waals surface area contributed by atoms with Crippen molar-refractivity contribution in [2.45, 2.75) is 288 Å². The average molecular weight is 1120 g/mol. The minimum atomic E-state index is -1.64. The van der Waals surface area contributed by atoms with Gasteiger partial charge in [-0.3, -0.25) is 9.59 Å². The summed E-state index contributed by atoms with van der Waals surface area (Å²) in [5.74, 6) is -1.26. The first-order chi connectivity index (χ1) is 39.2. The molecule has 1 aliphatic heterocycles. The maximum atomic E-state index is 13.4. The van der Waals surface area contributed by atoms with Crippen molar-refractivity contribution in [2.24, 2.45) is 0 Å². The van der Waals surface area contributed by atoms with Crippen LogP contribution in [0.25, 0.3) is 0 Å². The van der Waals surface area contributed by atoms with Crippen LogP contribution >= 0.6 is 0 Å². The van der Waals surface area contributed by atoms with Crippen molar-refractivity contribution in [2.75, 3.05) is 13.2 Å². The summed E-state index contributed by atoms with van der Waals surface area (Å²) in [6, 6.07) is -1.05. The number of amides is 1. The topological polar surface area (TPSA) is 175 Å². The Hall–Kier alpha value is -3.94. The van der Waals surface area contributed by atoms with Crippen LogP contribution in [0.4, 0.5) is 0 Å². The molecular formula is C69H115NO10. The van der Waals surface area contributed by atoms with Crippen molar-refractivity contribution in [1.29, 1.82) is 0 Å². The number of unbranched alkanes of at least 4 members (excludes halogenated alkanes) is 20. The lowest BCUT2D eigenvalue weighted by Crippen LogP contribution is -2.61. The third kappa shape index (κ3) is 42.8. The van der Waals surface area contributed by atoms with Gasteiger partial charge in [0.15, 0.2) is 12.4 Å². The Morgan fingerprint density at radius 1 is 0.500 bits per heavy atom. The predicted molar refractivity (Wildman–Crippen MR) is 333 cm³/mol.